The Bertz CT molecular complexity index is 1090. The van der Waals surface area contributed by atoms with Crippen molar-refractivity contribution >= 4 is 39.5 Å². The summed E-state index contributed by atoms with van der Waals surface area (Å²) in [6.07, 6.45) is 2.76. The zero-order valence-corrected chi connectivity index (χ0v) is 23.5. The summed E-state index contributed by atoms with van der Waals surface area (Å²) in [4.78, 5) is 30.0. The summed E-state index contributed by atoms with van der Waals surface area (Å²) >= 11 is 5.16. The van der Waals surface area contributed by atoms with Gasteiger partial charge in [0, 0.05) is 41.1 Å². The lowest BCUT2D eigenvalue weighted by atomic mass is 10.0. The molecule has 190 valence electrons. The standard InChI is InChI=1S/C30H35BrN2O2S/c1-3-4-19-32-30(35)28(21-24-8-6-5-7-9-24)33(22-25-12-14-26(31)15-13-25)29(34)18-20-36-27-16-10-23(2)11-17-27/h5-17,28H,3-4,18-22H2,1-2H3,(H,32,35)/t28-/m1/s1. The van der Waals surface area contributed by atoms with E-state index in [2.05, 4.69) is 59.4 Å². The van der Waals surface area contributed by atoms with Crippen LogP contribution in [0.3, 0.4) is 0 Å². The predicted molar refractivity (Wildman–Crippen MR) is 153 cm³/mol. The average molecular weight is 568 g/mol. The van der Waals surface area contributed by atoms with Crippen LogP contribution in [0.25, 0.3) is 0 Å². The largest absolute Gasteiger partial charge is 0.354 e. The number of nitrogens with one attached hydrogen (secondary N) is 1. The minimum Gasteiger partial charge on any atom is -0.354 e. The van der Waals surface area contributed by atoms with Gasteiger partial charge in [0.15, 0.2) is 0 Å². The number of hydrogen-bond acceptors (Lipinski definition) is 3. The molecule has 0 spiro atoms. The van der Waals surface area contributed by atoms with Crippen LogP contribution in [0.5, 0.6) is 0 Å². The number of thioether (sulfide) groups is 1. The molecule has 3 rings (SSSR count). The van der Waals surface area contributed by atoms with Crippen LogP contribution in [0.15, 0.2) is 88.2 Å². The Balaban J connectivity index is 1.81. The van der Waals surface area contributed by atoms with Crippen molar-refractivity contribution in [3.63, 3.8) is 0 Å². The Hall–Kier alpha value is -2.57. The Morgan fingerprint density at radius 1 is 0.944 bits per heavy atom. The molecular formula is C30H35BrN2O2S. The molecule has 1 atom stereocenters. The van der Waals surface area contributed by atoms with Crippen LogP contribution in [0.1, 0.15) is 42.9 Å². The van der Waals surface area contributed by atoms with E-state index in [0.29, 0.717) is 31.7 Å². The van der Waals surface area contributed by atoms with Crippen LogP contribution in [0.2, 0.25) is 0 Å². The predicted octanol–water partition coefficient (Wildman–Crippen LogP) is 6.80. The molecule has 36 heavy (non-hydrogen) atoms. The first-order chi connectivity index (χ1) is 17.5. The summed E-state index contributed by atoms with van der Waals surface area (Å²) in [5.74, 6) is 0.557. The highest BCUT2D eigenvalue weighted by atomic mass is 79.9. The quantitative estimate of drug-likeness (QED) is 0.183. The highest BCUT2D eigenvalue weighted by Crippen LogP contribution is 2.22. The number of nitrogens with zero attached hydrogens (tertiary/aromatic N) is 1. The van der Waals surface area contributed by atoms with Crippen molar-refractivity contribution in [2.24, 2.45) is 0 Å². The number of rotatable bonds is 13. The second-order valence-corrected chi connectivity index (χ2v) is 11.0. The third-order valence-electron chi connectivity index (χ3n) is 5.97. The van der Waals surface area contributed by atoms with Crippen molar-refractivity contribution in [2.75, 3.05) is 12.3 Å². The van der Waals surface area contributed by atoms with Gasteiger partial charge in [-0.05, 0) is 48.7 Å². The molecule has 1 N–H and O–H groups in total. The van der Waals surface area contributed by atoms with E-state index in [0.717, 1.165) is 33.3 Å². The maximum absolute atomic E-state index is 13.6. The number of carbonyl (C=O) groups excluding carboxylic acids is 2. The van der Waals surface area contributed by atoms with Crippen LogP contribution in [-0.4, -0.2) is 35.1 Å². The summed E-state index contributed by atoms with van der Waals surface area (Å²) in [7, 11) is 0. The average Bonchev–Trinajstić information content (AvgIpc) is 2.89. The summed E-state index contributed by atoms with van der Waals surface area (Å²) in [6.45, 7) is 5.17. The fraction of sp³-hybridized carbons (Fsp3) is 0.333. The van der Waals surface area contributed by atoms with Gasteiger partial charge in [-0.25, -0.2) is 0 Å². The van der Waals surface area contributed by atoms with Gasteiger partial charge in [0.25, 0.3) is 0 Å². The fourth-order valence-electron chi connectivity index (χ4n) is 3.88. The number of aryl methyl sites for hydroxylation is 1. The van der Waals surface area contributed by atoms with Crippen LogP contribution >= 0.6 is 27.7 Å². The number of halogens is 1. The molecule has 0 fully saturated rings. The van der Waals surface area contributed by atoms with E-state index in [4.69, 9.17) is 0 Å². The van der Waals surface area contributed by atoms with Crippen LogP contribution in [0.4, 0.5) is 0 Å². The SMILES string of the molecule is CCCCNC(=O)[C@@H](Cc1ccccc1)N(Cc1ccc(Br)cc1)C(=O)CCSc1ccc(C)cc1. The molecule has 0 unspecified atom stereocenters. The Morgan fingerprint density at radius 3 is 2.31 bits per heavy atom. The van der Waals surface area contributed by atoms with Crippen molar-refractivity contribution in [3.8, 4) is 0 Å². The molecule has 0 aromatic heterocycles. The Kier molecular flexibility index (Phi) is 11.6. The lowest BCUT2D eigenvalue weighted by molar-refractivity contribution is -0.141. The normalized spacial score (nSPS) is 11.6. The maximum Gasteiger partial charge on any atom is 0.243 e. The third-order valence-corrected chi connectivity index (χ3v) is 7.51. The molecule has 0 aliphatic heterocycles. The number of carbonyl (C=O) groups is 2. The van der Waals surface area contributed by atoms with E-state index in [9.17, 15) is 9.59 Å². The lowest BCUT2D eigenvalue weighted by Gasteiger charge is -2.31. The van der Waals surface area contributed by atoms with E-state index in [1.165, 1.54) is 5.56 Å². The van der Waals surface area contributed by atoms with E-state index in [-0.39, 0.29) is 11.8 Å². The molecule has 3 aromatic carbocycles. The van der Waals surface area contributed by atoms with Crippen molar-refractivity contribution in [1.29, 1.82) is 0 Å². The van der Waals surface area contributed by atoms with Gasteiger partial charge in [-0.1, -0.05) is 89.4 Å². The lowest BCUT2D eigenvalue weighted by Crippen LogP contribution is -2.50. The molecule has 0 heterocycles. The second-order valence-electron chi connectivity index (χ2n) is 8.91. The van der Waals surface area contributed by atoms with Gasteiger partial charge in [0.1, 0.15) is 6.04 Å². The van der Waals surface area contributed by atoms with Crippen LogP contribution < -0.4 is 5.32 Å². The minimum atomic E-state index is -0.579. The van der Waals surface area contributed by atoms with E-state index < -0.39 is 6.04 Å². The molecule has 6 heteroatoms. The fourth-order valence-corrected chi connectivity index (χ4v) is 4.99. The van der Waals surface area contributed by atoms with Gasteiger partial charge in [0.05, 0.1) is 0 Å². The van der Waals surface area contributed by atoms with Gasteiger partial charge in [-0.15, -0.1) is 11.8 Å². The number of benzene rings is 3. The second kappa shape index (κ2) is 14.9. The molecule has 0 saturated heterocycles. The minimum absolute atomic E-state index is 0.0101. The van der Waals surface area contributed by atoms with Crippen molar-refractivity contribution in [1.82, 2.24) is 10.2 Å². The molecule has 2 amide bonds. The number of unbranched alkanes of at least 4 members (excludes halogenated alkanes) is 1. The first-order valence-corrected chi connectivity index (χ1v) is 14.3. The Morgan fingerprint density at radius 2 is 1.64 bits per heavy atom. The van der Waals surface area contributed by atoms with Crippen molar-refractivity contribution in [2.45, 2.75) is 57.0 Å². The van der Waals surface area contributed by atoms with Crippen LogP contribution in [-0.2, 0) is 22.6 Å². The maximum atomic E-state index is 13.6. The molecule has 0 aliphatic rings. The zero-order valence-electron chi connectivity index (χ0n) is 21.1. The highest BCUT2D eigenvalue weighted by Gasteiger charge is 2.30. The van der Waals surface area contributed by atoms with E-state index in [1.807, 2.05) is 54.6 Å². The first kappa shape index (κ1) is 28.0. The summed E-state index contributed by atoms with van der Waals surface area (Å²) < 4.78 is 0.983. The molecule has 3 aromatic rings. The van der Waals surface area contributed by atoms with Crippen molar-refractivity contribution < 1.29 is 9.59 Å². The molecule has 0 bridgehead atoms. The van der Waals surface area contributed by atoms with E-state index in [1.54, 1.807) is 16.7 Å². The molecule has 4 nitrogen and oxygen atoms in total. The van der Waals surface area contributed by atoms with Gasteiger partial charge in [-0.2, -0.15) is 0 Å². The number of amides is 2. The first-order valence-electron chi connectivity index (χ1n) is 12.5. The number of hydrogen-bond donors (Lipinski definition) is 1. The van der Waals surface area contributed by atoms with Crippen molar-refractivity contribution in [3.05, 3.63) is 100 Å². The topological polar surface area (TPSA) is 49.4 Å². The highest BCUT2D eigenvalue weighted by molar-refractivity contribution is 9.10. The third kappa shape index (κ3) is 9.14. The van der Waals surface area contributed by atoms with Gasteiger partial charge in [-0.3, -0.25) is 9.59 Å². The molecule has 0 aliphatic carbocycles. The Labute approximate surface area is 228 Å². The monoisotopic (exact) mass is 566 g/mol. The van der Waals surface area contributed by atoms with E-state index >= 15 is 0 Å². The van der Waals surface area contributed by atoms with Crippen LogP contribution in [0, 0.1) is 6.92 Å². The summed E-state index contributed by atoms with van der Waals surface area (Å²) in [6, 6.07) is 25.6. The molecular weight excluding hydrogens is 532 g/mol. The van der Waals surface area contributed by atoms with Gasteiger partial charge >= 0.3 is 0 Å². The molecule has 0 saturated carbocycles. The summed E-state index contributed by atoms with van der Waals surface area (Å²) in [5.41, 5.74) is 3.25. The summed E-state index contributed by atoms with van der Waals surface area (Å²) in [5, 5.41) is 3.08. The zero-order chi connectivity index (χ0) is 25.8. The smallest absolute Gasteiger partial charge is 0.243 e. The molecule has 0 radical (unpaired) electrons. The van der Waals surface area contributed by atoms with Gasteiger partial charge in [0.2, 0.25) is 11.8 Å². The van der Waals surface area contributed by atoms with Gasteiger partial charge < -0.3 is 10.2 Å².